The maximum absolute atomic E-state index is 13.4. The summed E-state index contributed by atoms with van der Waals surface area (Å²) in [5.74, 6) is -0.709. The Bertz CT molecular complexity index is 1070. The van der Waals surface area contributed by atoms with Gasteiger partial charge < -0.3 is 10.4 Å². The molecule has 0 radical (unpaired) electrons. The van der Waals surface area contributed by atoms with Crippen molar-refractivity contribution < 1.29 is 14.7 Å². The van der Waals surface area contributed by atoms with E-state index in [1.165, 1.54) is 19.3 Å². The summed E-state index contributed by atoms with van der Waals surface area (Å²) >= 11 is 0. The lowest BCUT2D eigenvalue weighted by Crippen LogP contribution is -2.30. The van der Waals surface area contributed by atoms with E-state index in [0.717, 1.165) is 24.0 Å². The molecule has 1 aromatic heterocycles. The van der Waals surface area contributed by atoms with E-state index >= 15 is 0 Å². The Hall–Kier alpha value is -3.48. The minimum Gasteiger partial charge on any atom is -0.478 e. The van der Waals surface area contributed by atoms with Crippen LogP contribution in [0.3, 0.4) is 0 Å². The molecule has 32 heavy (non-hydrogen) atoms. The van der Waals surface area contributed by atoms with Crippen LogP contribution in [0.15, 0.2) is 54.6 Å². The minimum atomic E-state index is -0.974. The zero-order chi connectivity index (χ0) is 22.5. The molecule has 2 N–H and O–H groups in total. The number of nitrogens with one attached hydrogen (secondary N) is 1. The highest BCUT2D eigenvalue weighted by molar-refractivity contribution is 5.98. The normalized spacial score (nSPS) is 15.3. The molecule has 3 aromatic rings. The van der Waals surface area contributed by atoms with Crippen molar-refractivity contribution in [3.63, 3.8) is 0 Å². The molecule has 1 fully saturated rings. The maximum Gasteiger partial charge on any atom is 0.335 e. The van der Waals surface area contributed by atoms with Gasteiger partial charge in [-0.3, -0.25) is 4.79 Å². The molecule has 4 rings (SSSR count). The molecule has 7 heteroatoms. The van der Waals surface area contributed by atoms with Crippen molar-refractivity contribution >= 4 is 11.9 Å². The Morgan fingerprint density at radius 1 is 1.06 bits per heavy atom. The van der Waals surface area contributed by atoms with Gasteiger partial charge in [0, 0.05) is 12.1 Å². The fraction of sp³-hybridized carbons (Fsp3) is 0.360. The minimum absolute atomic E-state index is 0.216. The van der Waals surface area contributed by atoms with Crippen LogP contribution < -0.4 is 5.32 Å². The van der Waals surface area contributed by atoms with Gasteiger partial charge in [-0.1, -0.05) is 66.9 Å². The van der Waals surface area contributed by atoms with Crippen LogP contribution in [0.2, 0.25) is 0 Å². The van der Waals surface area contributed by atoms with Crippen LogP contribution in [0.25, 0.3) is 11.3 Å². The lowest BCUT2D eigenvalue weighted by molar-refractivity contribution is 0.0696. The van der Waals surface area contributed by atoms with Gasteiger partial charge in [0.15, 0.2) is 5.69 Å². The zero-order valence-electron chi connectivity index (χ0n) is 18.2. The Kier molecular flexibility index (Phi) is 6.63. The third kappa shape index (κ3) is 4.88. The molecular formula is C25H28N4O3. The number of carboxylic acid groups (broad SMARTS) is 1. The van der Waals surface area contributed by atoms with Crippen molar-refractivity contribution in [2.45, 2.75) is 51.6 Å². The molecule has 7 nitrogen and oxygen atoms in total. The summed E-state index contributed by atoms with van der Waals surface area (Å²) in [6, 6.07) is 15.9. The first kappa shape index (κ1) is 21.7. The summed E-state index contributed by atoms with van der Waals surface area (Å²) in [5, 5.41) is 20.9. The lowest BCUT2D eigenvalue weighted by Gasteiger charge is -2.22. The van der Waals surface area contributed by atoms with E-state index in [0.29, 0.717) is 23.9 Å². The van der Waals surface area contributed by atoms with Crippen LogP contribution in [0.5, 0.6) is 0 Å². The molecule has 2 aromatic carbocycles. The fourth-order valence-corrected chi connectivity index (χ4v) is 4.33. The third-order valence-corrected chi connectivity index (χ3v) is 6.16. The predicted octanol–water partition coefficient (Wildman–Crippen LogP) is 4.71. The van der Waals surface area contributed by atoms with E-state index in [1.807, 2.05) is 37.3 Å². The van der Waals surface area contributed by atoms with Crippen molar-refractivity contribution in [3.05, 3.63) is 71.4 Å². The van der Waals surface area contributed by atoms with Crippen molar-refractivity contribution in [1.29, 1.82) is 0 Å². The molecule has 1 atom stereocenters. The van der Waals surface area contributed by atoms with E-state index in [-0.39, 0.29) is 17.5 Å². The molecule has 1 heterocycles. The van der Waals surface area contributed by atoms with Gasteiger partial charge in [0.05, 0.1) is 11.6 Å². The summed E-state index contributed by atoms with van der Waals surface area (Å²) in [6.45, 7) is 2.56. The number of aromatic nitrogens is 3. The van der Waals surface area contributed by atoms with Crippen LogP contribution in [0, 0.1) is 5.92 Å². The van der Waals surface area contributed by atoms with Gasteiger partial charge in [0.25, 0.3) is 5.91 Å². The van der Waals surface area contributed by atoms with Gasteiger partial charge in [0.2, 0.25) is 0 Å². The Morgan fingerprint density at radius 2 is 1.75 bits per heavy atom. The summed E-state index contributed by atoms with van der Waals surface area (Å²) in [6.07, 6.45) is 6.00. The zero-order valence-corrected chi connectivity index (χ0v) is 18.2. The number of hydrogen-bond acceptors (Lipinski definition) is 4. The molecular weight excluding hydrogens is 404 g/mol. The van der Waals surface area contributed by atoms with Crippen molar-refractivity contribution in [1.82, 2.24) is 20.3 Å². The second-order valence-electron chi connectivity index (χ2n) is 8.46. The molecule has 1 unspecified atom stereocenters. The van der Waals surface area contributed by atoms with Crippen LogP contribution in [-0.2, 0) is 6.54 Å². The van der Waals surface area contributed by atoms with Crippen LogP contribution in [0.4, 0.5) is 0 Å². The second-order valence-corrected chi connectivity index (χ2v) is 8.46. The van der Waals surface area contributed by atoms with Crippen LogP contribution in [-0.4, -0.2) is 32.0 Å². The predicted molar refractivity (Wildman–Crippen MR) is 121 cm³/mol. The number of aromatic carboxylic acids is 1. The standard InChI is InChI=1S/C25H28N4O3/c1-17(19-12-14-21(15-13-19)25(31)32)26-24(30)23-22(20-10-6-3-7-11-20)27-28-29(23)16-18-8-4-2-5-9-18/h3,6-7,10-15,17-18H,2,4-5,8-9,16H2,1H3,(H,26,30)(H,31,32). The number of hydrogen-bond donors (Lipinski definition) is 2. The Balaban J connectivity index is 1.59. The SMILES string of the molecule is CC(NC(=O)c1c(-c2ccccc2)nnn1CC1CCCCC1)c1ccc(C(=O)O)cc1. The van der Waals surface area contributed by atoms with Gasteiger partial charge in [-0.15, -0.1) is 5.10 Å². The van der Waals surface area contributed by atoms with E-state index in [9.17, 15) is 9.59 Å². The molecule has 1 saturated carbocycles. The van der Waals surface area contributed by atoms with E-state index in [4.69, 9.17) is 5.11 Å². The highest BCUT2D eigenvalue weighted by Crippen LogP contribution is 2.28. The molecule has 1 amide bonds. The molecule has 1 aliphatic rings. The van der Waals surface area contributed by atoms with Gasteiger partial charge in [0.1, 0.15) is 5.69 Å². The van der Waals surface area contributed by atoms with Crippen LogP contribution in [0.1, 0.15) is 71.5 Å². The molecule has 0 saturated heterocycles. The van der Waals surface area contributed by atoms with Gasteiger partial charge in [-0.2, -0.15) is 0 Å². The third-order valence-electron chi connectivity index (χ3n) is 6.16. The lowest BCUT2D eigenvalue weighted by atomic mass is 9.89. The number of carbonyl (C=O) groups is 2. The number of rotatable bonds is 7. The topological polar surface area (TPSA) is 97.1 Å². The highest BCUT2D eigenvalue weighted by atomic mass is 16.4. The Labute approximate surface area is 187 Å². The van der Waals surface area contributed by atoms with Crippen molar-refractivity contribution in [3.8, 4) is 11.3 Å². The van der Waals surface area contributed by atoms with Crippen molar-refractivity contribution in [2.24, 2.45) is 5.92 Å². The van der Waals surface area contributed by atoms with E-state index in [1.54, 1.807) is 28.9 Å². The smallest absolute Gasteiger partial charge is 0.335 e. The molecule has 0 spiro atoms. The Morgan fingerprint density at radius 3 is 2.41 bits per heavy atom. The molecule has 1 aliphatic carbocycles. The average molecular weight is 433 g/mol. The quantitative estimate of drug-likeness (QED) is 0.563. The number of nitrogens with zero attached hydrogens (tertiary/aromatic N) is 3. The number of carbonyl (C=O) groups excluding carboxylic acids is 1. The first-order valence-electron chi connectivity index (χ1n) is 11.2. The average Bonchev–Trinajstić information content (AvgIpc) is 3.24. The summed E-state index contributed by atoms with van der Waals surface area (Å²) in [5.41, 5.74) is 2.94. The summed E-state index contributed by atoms with van der Waals surface area (Å²) < 4.78 is 1.76. The summed E-state index contributed by atoms with van der Waals surface area (Å²) in [7, 11) is 0. The molecule has 166 valence electrons. The van der Waals surface area contributed by atoms with E-state index in [2.05, 4.69) is 15.6 Å². The number of benzene rings is 2. The summed E-state index contributed by atoms with van der Waals surface area (Å²) in [4.78, 5) is 24.5. The first-order valence-corrected chi connectivity index (χ1v) is 11.2. The molecule has 0 aliphatic heterocycles. The fourth-order valence-electron chi connectivity index (χ4n) is 4.33. The van der Waals surface area contributed by atoms with Gasteiger partial charge in [-0.05, 0) is 43.4 Å². The van der Waals surface area contributed by atoms with Gasteiger partial charge in [-0.25, -0.2) is 9.48 Å². The maximum atomic E-state index is 13.4. The first-order chi connectivity index (χ1) is 15.5. The monoisotopic (exact) mass is 432 g/mol. The largest absolute Gasteiger partial charge is 0.478 e. The van der Waals surface area contributed by atoms with E-state index < -0.39 is 5.97 Å². The molecule has 0 bridgehead atoms. The van der Waals surface area contributed by atoms with Crippen molar-refractivity contribution in [2.75, 3.05) is 0 Å². The highest BCUT2D eigenvalue weighted by Gasteiger charge is 2.25. The second kappa shape index (κ2) is 9.77. The number of carboxylic acids is 1. The number of amides is 1. The van der Waals surface area contributed by atoms with Crippen LogP contribution >= 0.6 is 0 Å². The van der Waals surface area contributed by atoms with Gasteiger partial charge >= 0.3 is 5.97 Å².